The number of amides is 1. The van der Waals surface area contributed by atoms with Crippen LogP contribution in [0, 0.1) is 0 Å². The molecule has 10 heteroatoms. The number of likely N-dealkylation sites (tertiary alicyclic amines) is 1. The minimum atomic E-state index is 0.0707. The first-order chi connectivity index (χ1) is 18.4. The van der Waals surface area contributed by atoms with Gasteiger partial charge in [-0.2, -0.15) is 0 Å². The van der Waals surface area contributed by atoms with Crippen LogP contribution in [0.2, 0.25) is 10.0 Å². The summed E-state index contributed by atoms with van der Waals surface area (Å²) in [6.45, 7) is 6.38. The third-order valence-electron chi connectivity index (χ3n) is 7.12. The van der Waals surface area contributed by atoms with Crippen molar-refractivity contribution in [3.05, 3.63) is 63.5 Å². The van der Waals surface area contributed by atoms with E-state index in [9.17, 15) is 4.79 Å². The van der Waals surface area contributed by atoms with Crippen molar-refractivity contribution >= 4 is 58.1 Å². The molecule has 1 amide bonds. The topological polar surface area (TPSA) is 60.5 Å². The lowest BCUT2D eigenvalue weighted by atomic mass is 10.0. The number of hydrogen-bond acceptors (Lipinski definition) is 7. The summed E-state index contributed by atoms with van der Waals surface area (Å²) in [5, 5.41) is 10.3. The average Bonchev–Trinajstić information content (AvgIpc) is 3.61. The molecule has 5 rings (SSSR count). The molecule has 3 heterocycles. The Bertz CT molecular complexity index is 1240. The summed E-state index contributed by atoms with van der Waals surface area (Å²) in [5.74, 6) is 0.0707. The number of anilines is 1. The number of rotatable bonds is 9. The lowest BCUT2D eigenvalue weighted by molar-refractivity contribution is -0.125. The van der Waals surface area contributed by atoms with Crippen LogP contribution in [0.5, 0.6) is 0 Å². The van der Waals surface area contributed by atoms with Gasteiger partial charge in [0.25, 0.3) is 0 Å². The van der Waals surface area contributed by atoms with Gasteiger partial charge in [-0.1, -0.05) is 41.4 Å². The van der Waals surface area contributed by atoms with Gasteiger partial charge in [-0.25, -0.2) is 4.98 Å². The molecule has 0 saturated carbocycles. The van der Waals surface area contributed by atoms with Crippen molar-refractivity contribution in [2.24, 2.45) is 0 Å². The lowest BCUT2D eigenvalue weighted by Crippen LogP contribution is -2.43. The smallest absolute Gasteiger partial charge is 0.229 e. The molecule has 202 valence electrons. The molecule has 1 aromatic heterocycles. The molecular formula is C28H33Cl2N5OS2. The van der Waals surface area contributed by atoms with Gasteiger partial charge in [-0.05, 0) is 62.1 Å². The van der Waals surface area contributed by atoms with E-state index in [0.717, 1.165) is 72.4 Å². The highest BCUT2D eigenvalue weighted by Crippen LogP contribution is 2.35. The summed E-state index contributed by atoms with van der Waals surface area (Å²) in [6.07, 6.45) is 4.33. The normalized spacial score (nSPS) is 18.6. The largest absolute Gasteiger partial charge is 0.383 e. The lowest BCUT2D eigenvalue weighted by Gasteiger charge is -2.37. The summed E-state index contributed by atoms with van der Waals surface area (Å²) in [7, 11) is 0. The zero-order valence-electron chi connectivity index (χ0n) is 21.5. The third-order valence-corrected chi connectivity index (χ3v) is 10.0. The van der Waals surface area contributed by atoms with Crippen LogP contribution in [0.1, 0.15) is 38.2 Å². The molecule has 2 aromatic carbocycles. The Labute approximate surface area is 243 Å². The van der Waals surface area contributed by atoms with Crippen molar-refractivity contribution in [1.29, 1.82) is 0 Å². The first-order valence-electron chi connectivity index (χ1n) is 13.1. The van der Waals surface area contributed by atoms with Crippen LogP contribution in [-0.2, 0) is 11.3 Å². The van der Waals surface area contributed by atoms with Gasteiger partial charge in [0.15, 0.2) is 4.34 Å². The van der Waals surface area contributed by atoms with Crippen LogP contribution < -0.4 is 10.6 Å². The summed E-state index contributed by atoms with van der Waals surface area (Å²) >= 11 is 15.3. The van der Waals surface area contributed by atoms with E-state index in [1.165, 1.54) is 24.8 Å². The molecule has 0 aliphatic carbocycles. The summed E-state index contributed by atoms with van der Waals surface area (Å²) in [6, 6.07) is 15.0. The van der Waals surface area contributed by atoms with Gasteiger partial charge in [0.05, 0.1) is 15.7 Å². The highest BCUT2D eigenvalue weighted by Gasteiger charge is 2.28. The predicted molar refractivity (Wildman–Crippen MR) is 160 cm³/mol. The standard InChI is InChI=1S/C28H33Cl2N5OS2/c1-19(36)35(24-9-12-34(13-10-24)17-20-7-8-25(29)26(30)14-20)38-28-33-27(18-37-28)21-4-2-5-22(15-21)32-16-23-6-3-11-31-23/h2,4-5,7-8,14-15,18,23-24,31-32H,3,6,9-13,16-17H2,1H3/t23-/m1/s1. The van der Waals surface area contributed by atoms with Crippen molar-refractivity contribution in [2.45, 2.75) is 55.6 Å². The molecule has 2 fully saturated rings. The molecule has 2 saturated heterocycles. The van der Waals surface area contributed by atoms with Gasteiger partial charge < -0.3 is 10.6 Å². The SMILES string of the molecule is CC(=O)N(Sc1nc(-c2cccc(NC[C@H]3CCCN3)c2)cs1)C1CCN(Cc2ccc(Cl)c(Cl)c2)CC1. The fourth-order valence-electron chi connectivity index (χ4n) is 5.08. The van der Waals surface area contributed by atoms with Crippen molar-refractivity contribution in [3.8, 4) is 11.3 Å². The number of piperidine rings is 1. The Hall–Kier alpha value is -1.81. The van der Waals surface area contributed by atoms with Gasteiger partial charge in [0.1, 0.15) is 0 Å². The zero-order chi connectivity index (χ0) is 26.5. The van der Waals surface area contributed by atoms with E-state index in [-0.39, 0.29) is 11.9 Å². The van der Waals surface area contributed by atoms with Crippen molar-refractivity contribution in [3.63, 3.8) is 0 Å². The second kappa shape index (κ2) is 13.0. The van der Waals surface area contributed by atoms with Crippen LogP contribution >= 0.6 is 46.5 Å². The van der Waals surface area contributed by atoms with Gasteiger partial charge in [-0.3, -0.25) is 14.0 Å². The second-order valence-electron chi connectivity index (χ2n) is 9.95. The maximum Gasteiger partial charge on any atom is 0.229 e. The fourth-order valence-corrected chi connectivity index (χ4v) is 7.31. The fraction of sp³-hybridized carbons (Fsp3) is 0.429. The maximum absolute atomic E-state index is 12.6. The molecule has 0 unspecified atom stereocenters. The number of benzene rings is 2. The van der Waals surface area contributed by atoms with Crippen LogP contribution in [0.15, 0.2) is 52.2 Å². The van der Waals surface area contributed by atoms with Crippen LogP contribution in [0.25, 0.3) is 11.3 Å². The van der Waals surface area contributed by atoms with Gasteiger partial charge in [0, 0.05) is 73.8 Å². The van der Waals surface area contributed by atoms with E-state index in [2.05, 4.69) is 45.2 Å². The van der Waals surface area contributed by atoms with E-state index in [1.807, 2.05) is 22.5 Å². The Balaban J connectivity index is 1.17. The van der Waals surface area contributed by atoms with Gasteiger partial charge >= 0.3 is 0 Å². The first-order valence-corrected chi connectivity index (χ1v) is 15.5. The number of nitrogens with one attached hydrogen (secondary N) is 2. The quantitative estimate of drug-likeness (QED) is 0.268. The van der Waals surface area contributed by atoms with E-state index in [1.54, 1.807) is 18.3 Å². The molecule has 1 atom stereocenters. The number of aromatic nitrogens is 1. The summed E-state index contributed by atoms with van der Waals surface area (Å²) in [5.41, 5.74) is 4.29. The molecule has 3 aromatic rings. The highest BCUT2D eigenvalue weighted by molar-refractivity contribution is 7.99. The maximum atomic E-state index is 12.6. The second-order valence-corrected chi connectivity index (χ2v) is 12.8. The number of halogens is 2. The Morgan fingerprint density at radius 2 is 2.03 bits per heavy atom. The Morgan fingerprint density at radius 1 is 1.18 bits per heavy atom. The molecule has 2 N–H and O–H groups in total. The van der Waals surface area contributed by atoms with Crippen molar-refractivity contribution in [1.82, 2.24) is 19.5 Å². The minimum Gasteiger partial charge on any atom is -0.383 e. The number of carbonyl (C=O) groups is 1. The molecule has 2 aliphatic rings. The molecule has 0 bridgehead atoms. The minimum absolute atomic E-state index is 0.0707. The molecule has 0 spiro atoms. The number of nitrogens with zero attached hydrogens (tertiary/aromatic N) is 3. The number of hydrogen-bond donors (Lipinski definition) is 2. The predicted octanol–water partition coefficient (Wildman–Crippen LogP) is 6.80. The van der Waals surface area contributed by atoms with Crippen molar-refractivity contribution < 1.29 is 4.79 Å². The van der Waals surface area contributed by atoms with Crippen molar-refractivity contribution in [2.75, 3.05) is 31.5 Å². The monoisotopic (exact) mass is 589 g/mol. The molecule has 0 radical (unpaired) electrons. The van der Waals surface area contributed by atoms with Crippen LogP contribution in [0.3, 0.4) is 0 Å². The van der Waals surface area contributed by atoms with Gasteiger partial charge in [-0.15, -0.1) is 11.3 Å². The molecule has 6 nitrogen and oxygen atoms in total. The molecule has 38 heavy (non-hydrogen) atoms. The average molecular weight is 591 g/mol. The molecular weight excluding hydrogens is 557 g/mol. The third kappa shape index (κ3) is 7.23. The zero-order valence-corrected chi connectivity index (χ0v) is 24.6. The van der Waals surface area contributed by atoms with E-state index in [4.69, 9.17) is 28.2 Å². The summed E-state index contributed by atoms with van der Waals surface area (Å²) in [4.78, 5) is 19.9. The first kappa shape index (κ1) is 27.7. The van der Waals surface area contributed by atoms with E-state index >= 15 is 0 Å². The molecule has 2 aliphatic heterocycles. The number of carbonyl (C=O) groups excluding carboxylic acids is 1. The Morgan fingerprint density at radius 3 is 2.76 bits per heavy atom. The summed E-state index contributed by atoms with van der Waals surface area (Å²) < 4.78 is 2.81. The van der Waals surface area contributed by atoms with Gasteiger partial charge in [0.2, 0.25) is 5.91 Å². The number of thiazole rings is 1. The van der Waals surface area contributed by atoms with Crippen LogP contribution in [0.4, 0.5) is 5.69 Å². The highest BCUT2D eigenvalue weighted by atomic mass is 35.5. The van der Waals surface area contributed by atoms with E-state index < -0.39 is 0 Å². The van der Waals surface area contributed by atoms with E-state index in [0.29, 0.717) is 16.1 Å². The van der Waals surface area contributed by atoms with Crippen LogP contribution in [-0.4, -0.2) is 58.4 Å². The Kier molecular flexibility index (Phi) is 9.51.